The van der Waals surface area contributed by atoms with E-state index in [0.29, 0.717) is 11.6 Å². The smallest absolute Gasteiger partial charge is 0.116 e. The lowest BCUT2D eigenvalue weighted by Gasteiger charge is -2.21. The third kappa shape index (κ3) is 3.34. The zero-order valence-electron chi connectivity index (χ0n) is 12.7. The molecule has 0 spiro atoms. The molecular weight excluding hydrogens is 294 g/mol. The Labute approximate surface area is 136 Å². The third-order valence-corrected chi connectivity index (χ3v) is 4.43. The lowest BCUT2D eigenvalue weighted by molar-refractivity contribution is 0.318. The minimum Gasteiger partial charge on any atom is -0.508 e. The molecule has 0 radical (unpaired) electrons. The van der Waals surface area contributed by atoms with Gasteiger partial charge < -0.3 is 5.11 Å². The maximum Gasteiger partial charge on any atom is 0.116 e. The second-order valence-electron chi connectivity index (χ2n) is 5.88. The average Bonchev–Trinajstić information content (AvgIpc) is 2.51. The van der Waals surface area contributed by atoms with E-state index in [1.807, 2.05) is 0 Å². The molecular formula is C19H20ClNO. The van der Waals surface area contributed by atoms with Crippen molar-refractivity contribution in [1.82, 2.24) is 4.90 Å². The first-order valence-corrected chi connectivity index (χ1v) is 7.94. The van der Waals surface area contributed by atoms with Gasteiger partial charge in [0.2, 0.25) is 0 Å². The molecule has 3 heteroatoms. The number of phenolic OH excluding ortho intramolecular Hbond substituents is 1. The van der Waals surface area contributed by atoms with Gasteiger partial charge in [-0.05, 0) is 60.3 Å². The highest BCUT2D eigenvalue weighted by molar-refractivity contribution is 6.31. The summed E-state index contributed by atoms with van der Waals surface area (Å²) in [6.07, 6.45) is 6.74. The normalized spacial score (nSPS) is 13.4. The lowest BCUT2D eigenvalue weighted by Crippen LogP contribution is -2.18. The van der Waals surface area contributed by atoms with E-state index in [0.717, 1.165) is 24.9 Å². The van der Waals surface area contributed by atoms with Crippen LogP contribution in [0.3, 0.4) is 0 Å². The zero-order chi connectivity index (χ0) is 15.5. The first-order valence-electron chi connectivity index (χ1n) is 7.57. The Morgan fingerprint density at radius 2 is 1.95 bits per heavy atom. The highest BCUT2D eigenvalue weighted by atomic mass is 35.5. The molecule has 1 aliphatic carbocycles. The summed E-state index contributed by atoms with van der Waals surface area (Å²) in [6, 6.07) is 11.6. The van der Waals surface area contributed by atoms with Crippen LogP contribution in [0.4, 0.5) is 0 Å². The fourth-order valence-corrected chi connectivity index (χ4v) is 3.17. The average molecular weight is 314 g/mol. The van der Waals surface area contributed by atoms with Crippen molar-refractivity contribution in [3.8, 4) is 5.75 Å². The maximum absolute atomic E-state index is 9.61. The van der Waals surface area contributed by atoms with Gasteiger partial charge in [-0.2, -0.15) is 0 Å². The van der Waals surface area contributed by atoms with Crippen molar-refractivity contribution in [3.05, 3.63) is 69.8 Å². The Hall–Kier alpha value is -1.77. The van der Waals surface area contributed by atoms with Crippen LogP contribution < -0.4 is 0 Å². The molecule has 3 rings (SSSR count). The van der Waals surface area contributed by atoms with Gasteiger partial charge >= 0.3 is 0 Å². The first-order chi connectivity index (χ1) is 10.6. The largest absolute Gasteiger partial charge is 0.508 e. The van der Waals surface area contributed by atoms with Crippen LogP contribution in [0.5, 0.6) is 5.75 Å². The maximum atomic E-state index is 9.61. The summed E-state index contributed by atoms with van der Waals surface area (Å²) in [5.41, 5.74) is 5.09. The Morgan fingerprint density at radius 1 is 1.14 bits per heavy atom. The molecule has 0 aromatic heterocycles. The fourth-order valence-electron chi connectivity index (χ4n) is 3.00. The van der Waals surface area contributed by atoms with Crippen molar-refractivity contribution in [2.75, 3.05) is 7.05 Å². The molecule has 1 N–H and O–H groups in total. The Bertz CT molecular complexity index is 709. The van der Waals surface area contributed by atoms with Crippen LogP contribution in [0.2, 0.25) is 5.02 Å². The molecule has 0 heterocycles. The molecule has 0 bridgehead atoms. The number of aromatic hydroxyl groups is 1. The van der Waals surface area contributed by atoms with Crippen LogP contribution >= 0.6 is 11.6 Å². The number of hydrogen-bond donors (Lipinski definition) is 1. The van der Waals surface area contributed by atoms with Gasteiger partial charge in [0, 0.05) is 18.1 Å². The van der Waals surface area contributed by atoms with Gasteiger partial charge in [0.25, 0.3) is 0 Å². The van der Waals surface area contributed by atoms with Crippen molar-refractivity contribution in [2.45, 2.75) is 25.9 Å². The summed E-state index contributed by atoms with van der Waals surface area (Å²) < 4.78 is 0. The predicted molar refractivity (Wildman–Crippen MR) is 92.1 cm³/mol. The second kappa shape index (κ2) is 6.55. The molecule has 0 amide bonds. The molecule has 0 saturated heterocycles. The van der Waals surface area contributed by atoms with Crippen LogP contribution in [-0.2, 0) is 19.5 Å². The summed E-state index contributed by atoms with van der Waals surface area (Å²) in [5, 5.41) is 10.3. The highest BCUT2D eigenvalue weighted by Gasteiger charge is 2.12. The van der Waals surface area contributed by atoms with E-state index in [1.165, 1.54) is 16.7 Å². The number of hydrogen-bond acceptors (Lipinski definition) is 2. The van der Waals surface area contributed by atoms with Gasteiger partial charge in [-0.1, -0.05) is 42.0 Å². The fraction of sp³-hybridized carbons (Fsp3) is 0.263. The standard InChI is InChI=1S/C19H20ClNO/c1-21(13-16-11-17(22)9-10-19(16)20)12-15-7-4-6-14-5-2-3-8-18(14)15/h3-4,6-11,22H,2,5,12-13H2,1H3. The summed E-state index contributed by atoms with van der Waals surface area (Å²) in [7, 11) is 2.08. The molecule has 114 valence electrons. The number of rotatable bonds is 4. The van der Waals surface area contributed by atoms with Crippen molar-refractivity contribution < 1.29 is 5.11 Å². The summed E-state index contributed by atoms with van der Waals surface area (Å²) in [6.45, 7) is 1.57. The van der Waals surface area contributed by atoms with Crippen LogP contribution in [0, 0.1) is 0 Å². The van der Waals surface area contributed by atoms with Crippen LogP contribution in [0.15, 0.2) is 42.5 Å². The Kier molecular flexibility index (Phi) is 4.51. The van der Waals surface area contributed by atoms with E-state index in [-0.39, 0.29) is 5.75 Å². The summed E-state index contributed by atoms with van der Waals surface area (Å²) in [4.78, 5) is 2.22. The second-order valence-corrected chi connectivity index (χ2v) is 6.29. The lowest BCUT2D eigenvalue weighted by atomic mass is 9.93. The number of phenols is 1. The van der Waals surface area contributed by atoms with E-state index in [1.54, 1.807) is 18.2 Å². The monoisotopic (exact) mass is 313 g/mol. The zero-order valence-corrected chi connectivity index (χ0v) is 13.5. The number of nitrogens with zero attached hydrogens (tertiary/aromatic N) is 1. The van der Waals surface area contributed by atoms with Crippen LogP contribution in [-0.4, -0.2) is 17.1 Å². The van der Waals surface area contributed by atoms with Crippen LogP contribution in [0.25, 0.3) is 6.08 Å². The van der Waals surface area contributed by atoms with Crippen molar-refractivity contribution in [2.24, 2.45) is 0 Å². The van der Waals surface area contributed by atoms with E-state index >= 15 is 0 Å². The molecule has 0 atom stereocenters. The topological polar surface area (TPSA) is 23.5 Å². The van der Waals surface area contributed by atoms with Crippen molar-refractivity contribution in [1.29, 1.82) is 0 Å². The molecule has 1 aliphatic rings. The van der Waals surface area contributed by atoms with E-state index < -0.39 is 0 Å². The predicted octanol–water partition coefficient (Wildman–Crippen LogP) is 4.64. The van der Waals surface area contributed by atoms with E-state index in [4.69, 9.17) is 11.6 Å². The van der Waals surface area contributed by atoms with Crippen molar-refractivity contribution >= 4 is 17.7 Å². The summed E-state index contributed by atoms with van der Waals surface area (Å²) in [5.74, 6) is 0.257. The van der Waals surface area contributed by atoms with E-state index in [2.05, 4.69) is 42.3 Å². The number of fused-ring (bicyclic) bond motifs is 1. The minimum atomic E-state index is 0.257. The van der Waals surface area contributed by atoms with Gasteiger partial charge in [0.05, 0.1) is 0 Å². The molecule has 22 heavy (non-hydrogen) atoms. The number of halogens is 1. The number of benzene rings is 2. The molecule has 2 nitrogen and oxygen atoms in total. The minimum absolute atomic E-state index is 0.257. The van der Waals surface area contributed by atoms with Gasteiger partial charge in [0.1, 0.15) is 5.75 Å². The Morgan fingerprint density at radius 3 is 2.82 bits per heavy atom. The van der Waals surface area contributed by atoms with Gasteiger partial charge in [-0.15, -0.1) is 0 Å². The first kappa shape index (κ1) is 15.1. The highest BCUT2D eigenvalue weighted by Crippen LogP contribution is 2.26. The van der Waals surface area contributed by atoms with Crippen molar-refractivity contribution in [3.63, 3.8) is 0 Å². The van der Waals surface area contributed by atoms with Gasteiger partial charge in [0.15, 0.2) is 0 Å². The SMILES string of the molecule is CN(Cc1cc(O)ccc1Cl)Cc1cccc2c1C=CCC2. The molecule has 2 aromatic rings. The van der Waals surface area contributed by atoms with Gasteiger partial charge in [-0.25, -0.2) is 0 Å². The van der Waals surface area contributed by atoms with E-state index in [9.17, 15) is 5.11 Å². The molecule has 0 unspecified atom stereocenters. The summed E-state index contributed by atoms with van der Waals surface area (Å²) >= 11 is 6.21. The van der Waals surface area contributed by atoms with Crippen LogP contribution in [0.1, 0.15) is 28.7 Å². The molecule has 0 fully saturated rings. The quantitative estimate of drug-likeness (QED) is 0.889. The number of aryl methyl sites for hydroxylation is 1. The Balaban J connectivity index is 1.77. The van der Waals surface area contributed by atoms with Gasteiger partial charge in [-0.3, -0.25) is 4.90 Å². The third-order valence-electron chi connectivity index (χ3n) is 4.06. The molecule has 0 aliphatic heterocycles. The molecule has 0 saturated carbocycles. The molecule has 2 aromatic carbocycles. The number of allylic oxidation sites excluding steroid dienone is 1.